The Labute approximate surface area is 185 Å². The summed E-state index contributed by atoms with van der Waals surface area (Å²) < 4.78 is 0. The van der Waals surface area contributed by atoms with Crippen molar-refractivity contribution in [2.45, 2.75) is 39.0 Å². The summed E-state index contributed by atoms with van der Waals surface area (Å²) in [5.41, 5.74) is 11.8. The van der Waals surface area contributed by atoms with Gasteiger partial charge in [0.2, 0.25) is 0 Å². The maximum absolute atomic E-state index is 3.70. The van der Waals surface area contributed by atoms with E-state index in [-0.39, 0.29) is 5.41 Å². The quantitative estimate of drug-likeness (QED) is 0.360. The molecular formula is C30H29N. The van der Waals surface area contributed by atoms with Crippen molar-refractivity contribution in [3.05, 3.63) is 108 Å². The van der Waals surface area contributed by atoms with Gasteiger partial charge in [0.25, 0.3) is 0 Å². The number of rotatable bonds is 4. The van der Waals surface area contributed by atoms with Crippen molar-refractivity contribution in [1.29, 1.82) is 0 Å². The van der Waals surface area contributed by atoms with E-state index in [2.05, 4.69) is 124 Å². The van der Waals surface area contributed by atoms with Gasteiger partial charge in [-0.2, -0.15) is 0 Å². The predicted octanol–water partition coefficient (Wildman–Crippen LogP) is 8.53. The number of nitrogens with one attached hydrogen (secondary N) is 1. The maximum Gasteiger partial charge on any atom is 0.0463 e. The highest BCUT2D eigenvalue weighted by molar-refractivity contribution is 5.87. The summed E-state index contributed by atoms with van der Waals surface area (Å²) >= 11 is 0. The van der Waals surface area contributed by atoms with Gasteiger partial charge >= 0.3 is 0 Å². The van der Waals surface area contributed by atoms with Crippen LogP contribution >= 0.6 is 0 Å². The fourth-order valence-electron chi connectivity index (χ4n) is 4.99. The molecule has 0 radical (unpaired) electrons. The van der Waals surface area contributed by atoms with Crippen molar-refractivity contribution in [2.75, 3.05) is 5.32 Å². The molecule has 1 heteroatoms. The number of anilines is 2. The summed E-state index contributed by atoms with van der Waals surface area (Å²) in [6.45, 7) is 9.28. The molecule has 0 heterocycles. The van der Waals surface area contributed by atoms with Gasteiger partial charge in [-0.3, -0.25) is 0 Å². The fraction of sp³-hybridized carbons (Fsp3) is 0.200. The fourth-order valence-corrected chi connectivity index (χ4v) is 4.99. The van der Waals surface area contributed by atoms with E-state index >= 15 is 0 Å². The summed E-state index contributed by atoms with van der Waals surface area (Å²) in [6, 6.07) is 32.8. The van der Waals surface area contributed by atoms with Gasteiger partial charge in [-0.25, -0.2) is 0 Å². The standard InChI is InChI=1S/C30H29N/c1-20(2)23-14-10-15-26-29(23)25-18-17-22(19-27(25)30(26,3)4)31-28-16-9-8-13-24(28)21-11-6-5-7-12-21/h5-20,31H,1-4H3. The van der Waals surface area contributed by atoms with Crippen LogP contribution in [0.15, 0.2) is 91.0 Å². The molecule has 0 saturated carbocycles. The molecule has 1 N–H and O–H groups in total. The smallest absolute Gasteiger partial charge is 0.0463 e. The minimum atomic E-state index is -0.00773. The molecular weight excluding hydrogens is 374 g/mol. The van der Waals surface area contributed by atoms with E-state index in [9.17, 15) is 0 Å². The summed E-state index contributed by atoms with van der Waals surface area (Å²) in [5, 5.41) is 3.70. The molecule has 0 spiro atoms. The first-order valence-electron chi connectivity index (χ1n) is 11.2. The molecule has 0 bridgehead atoms. The van der Waals surface area contributed by atoms with Gasteiger partial charge in [0.05, 0.1) is 0 Å². The van der Waals surface area contributed by atoms with Crippen LogP contribution in [-0.4, -0.2) is 0 Å². The van der Waals surface area contributed by atoms with Crippen LogP contribution in [0, 0.1) is 0 Å². The van der Waals surface area contributed by atoms with Crippen LogP contribution in [0.1, 0.15) is 50.3 Å². The summed E-state index contributed by atoms with van der Waals surface area (Å²) in [5.74, 6) is 0.507. The van der Waals surface area contributed by atoms with Crippen LogP contribution < -0.4 is 5.32 Å². The van der Waals surface area contributed by atoms with Gasteiger partial charge in [-0.1, -0.05) is 100 Å². The van der Waals surface area contributed by atoms with Gasteiger partial charge in [-0.05, 0) is 57.5 Å². The van der Waals surface area contributed by atoms with E-state index in [1.807, 2.05) is 0 Å². The highest BCUT2D eigenvalue weighted by atomic mass is 14.9. The molecule has 4 aromatic rings. The topological polar surface area (TPSA) is 12.0 Å². The Morgan fingerprint density at radius 2 is 1.42 bits per heavy atom. The van der Waals surface area contributed by atoms with Crippen molar-refractivity contribution in [1.82, 2.24) is 0 Å². The Kier molecular flexibility index (Phi) is 4.70. The molecule has 1 nitrogen and oxygen atoms in total. The van der Waals surface area contributed by atoms with Crippen LogP contribution in [0.3, 0.4) is 0 Å². The van der Waals surface area contributed by atoms with Gasteiger partial charge in [0.15, 0.2) is 0 Å². The number of para-hydroxylation sites is 1. The monoisotopic (exact) mass is 403 g/mol. The predicted molar refractivity (Wildman–Crippen MR) is 133 cm³/mol. The molecule has 0 saturated heterocycles. The van der Waals surface area contributed by atoms with Gasteiger partial charge in [0.1, 0.15) is 0 Å². The normalized spacial score (nSPS) is 13.7. The molecule has 5 rings (SSSR count). The highest BCUT2D eigenvalue weighted by Gasteiger charge is 2.37. The Morgan fingerprint density at radius 1 is 0.677 bits per heavy atom. The molecule has 1 aliphatic rings. The molecule has 0 aliphatic heterocycles. The lowest BCUT2D eigenvalue weighted by molar-refractivity contribution is 0.659. The third-order valence-corrected chi connectivity index (χ3v) is 6.65. The van der Waals surface area contributed by atoms with Crippen molar-refractivity contribution < 1.29 is 0 Å². The number of benzene rings is 4. The van der Waals surface area contributed by atoms with Crippen molar-refractivity contribution in [2.24, 2.45) is 0 Å². The van der Waals surface area contributed by atoms with Crippen LogP contribution in [0.25, 0.3) is 22.3 Å². The van der Waals surface area contributed by atoms with Crippen molar-refractivity contribution in [3.8, 4) is 22.3 Å². The van der Waals surface area contributed by atoms with Crippen LogP contribution in [-0.2, 0) is 5.41 Å². The van der Waals surface area contributed by atoms with Gasteiger partial charge in [0, 0.05) is 22.4 Å². The van der Waals surface area contributed by atoms with E-state index in [1.165, 1.54) is 38.9 Å². The molecule has 31 heavy (non-hydrogen) atoms. The molecule has 0 aromatic heterocycles. The number of hydrogen-bond donors (Lipinski definition) is 1. The first kappa shape index (κ1) is 19.6. The Balaban J connectivity index is 1.58. The van der Waals surface area contributed by atoms with E-state index in [4.69, 9.17) is 0 Å². The van der Waals surface area contributed by atoms with E-state index in [0.717, 1.165) is 11.4 Å². The second kappa shape index (κ2) is 7.42. The average molecular weight is 404 g/mol. The third kappa shape index (κ3) is 3.25. The Bertz CT molecular complexity index is 1250. The van der Waals surface area contributed by atoms with Crippen molar-refractivity contribution >= 4 is 11.4 Å². The minimum absolute atomic E-state index is 0.00773. The Morgan fingerprint density at radius 3 is 2.19 bits per heavy atom. The average Bonchev–Trinajstić information content (AvgIpc) is 3.01. The summed E-state index contributed by atoms with van der Waals surface area (Å²) in [4.78, 5) is 0. The SMILES string of the molecule is CC(C)c1cccc2c1-c1ccc(Nc3ccccc3-c3ccccc3)cc1C2(C)C. The molecule has 4 aromatic carbocycles. The number of hydrogen-bond acceptors (Lipinski definition) is 1. The molecule has 0 amide bonds. The van der Waals surface area contributed by atoms with Crippen LogP contribution in [0.4, 0.5) is 11.4 Å². The van der Waals surface area contributed by atoms with Crippen LogP contribution in [0.2, 0.25) is 0 Å². The van der Waals surface area contributed by atoms with E-state index < -0.39 is 0 Å². The summed E-state index contributed by atoms with van der Waals surface area (Å²) in [6.07, 6.45) is 0. The van der Waals surface area contributed by atoms with E-state index in [0.29, 0.717) is 5.92 Å². The lowest BCUT2D eigenvalue weighted by Crippen LogP contribution is -2.15. The molecule has 1 aliphatic carbocycles. The first-order chi connectivity index (χ1) is 15.0. The minimum Gasteiger partial charge on any atom is -0.355 e. The maximum atomic E-state index is 3.70. The second-order valence-electron chi connectivity index (χ2n) is 9.35. The zero-order valence-electron chi connectivity index (χ0n) is 18.7. The molecule has 0 atom stereocenters. The van der Waals surface area contributed by atoms with Gasteiger partial charge in [-0.15, -0.1) is 0 Å². The lowest BCUT2D eigenvalue weighted by atomic mass is 9.81. The lowest BCUT2D eigenvalue weighted by Gasteiger charge is -2.23. The molecule has 0 fully saturated rings. The van der Waals surface area contributed by atoms with Crippen molar-refractivity contribution in [3.63, 3.8) is 0 Å². The zero-order valence-corrected chi connectivity index (χ0v) is 18.7. The number of fused-ring (bicyclic) bond motifs is 3. The molecule has 154 valence electrons. The second-order valence-corrected chi connectivity index (χ2v) is 9.35. The largest absolute Gasteiger partial charge is 0.355 e. The van der Waals surface area contributed by atoms with Gasteiger partial charge < -0.3 is 5.32 Å². The highest BCUT2D eigenvalue weighted by Crippen LogP contribution is 2.52. The van der Waals surface area contributed by atoms with E-state index in [1.54, 1.807) is 0 Å². The zero-order chi connectivity index (χ0) is 21.6. The third-order valence-electron chi connectivity index (χ3n) is 6.65. The molecule has 0 unspecified atom stereocenters. The van der Waals surface area contributed by atoms with Crippen LogP contribution in [0.5, 0.6) is 0 Å². The Hall–Kier alpha value is -3.32. The first-order valence-corrected chi connectivity index (χ1v) is 11.2. The summed E-state index contributed by atoms with van der Waals surface area (Å²) in [7, 11) is 0.